The molecule has 0 fully saturated rings. The molecule has 0 radical (unpaired) electrons. The van der Waals surface area contributed by atoms with Gasteiger partial charge in [-0.2, -0.15) is 18.3 Å². The number of hydrogen-bond donors (Lipinski definition) is 2. The van der Waals surface area contributed by atoms with Gasteiger partial charge in [-0.3, -0.25) is 4.68 Å². The van der Waals surface area contributed by atoms with Crippen molar-refractivity contribution in [1.82, 2.24) is 14.5 Å². The van der Waals surface area contributed by atoms with Crippen LogP contribution >= 0.6 is 0 Å². The van der Waals surface area contributed by atoms with E-state index in [-0.39, 0.29) is 17.9 Å². The number of nitrogens with zero attached hydrogens (tertiary/aromatic N) is 2. The molecular formula is C9H15F3N4O2S. The second-order valence-corrected chi connectivity index (χ2v) is 5.61. The summed E-state index contributed by atoms with van der Waals surface area (Å²) in [7, 11) is -3.82. The lowest BCUT2D eigenvalue weighted by atomic mass is 10.3. The van der Waals surface area contributed by atoms with E-state index in [0.717, 1.165) is 6.20 Å². The van der Waals surface area contributed by atoms with E-state index in [0.29, 0.717) is 13.1 Å². The number of nitrogens with two attached hydrogens (primary N) is 1. The number of alkyl halides is 3. The van der Waals surface area contributed by atoms with Crippen LogP contribution in [-0.2, 0) is 16.6 Å². The molecule has 6 nitrogen and oxygen atoms in total. The number of rotatable bonds is 7. The highest BCUT2D eigenvalue weighted by Crippen LogP contribution is 2.20. The molecule has 1 aromatic rings. The van der Waals surface area contributed by atoms with E-state index >= 15 is 0 Å². The zero-order valence-corrected chi connectivity index (χ0v) is 10.8. The molecule has 1 aromatic heterocycles. The first-order chi connectivity index (χ1) is 8.74. The Bertz CT molecular complexity index is 498. The maximum Gasteiger partial charge on any atom is 0.389 e. The summed E-state index contributed by atoms with van der Waals surface area (Å²) in [5.41, 5.74) is 5.29. The Labute approximate surface area is 108 Å². The van der Waals surface area contributed by atoms with Gasteiger partial charge in [0.05, 0.1) is 12.7 Å². The fourth-order valence-electron chi connectivity index (χ4n) is 1.32. The highest BCUT2D eigenvalue weighted by molar-refractivity contribution is 7.89. The number of hydrogen-bond acceptors (Lipinski definition) is 4. The summed E-state index contributed by atoms with van der Waals surface area (Å²) in [6, 6.07) is 0. The SMILES string of the molecule is NCCn1cc(S(=O)(=O)NCCCC(F)(F)F)cn1. The topological polar surface area (TPSA) is 90.0 Å². The van der Waals surface area contributed by atoms with Crippen LogP contribution in [0.1, 0.15) is 12.8 Å². The van der Waals surface area contributed by atoms with Gasteiger partial charge in [-0.25, -0.2) is 13.1 Å². The standard InChI is InChI=1S/C9H15F3N4O2S/c10-9(11,12)2-1-4-15-19(17,18)8-6-14-16(7-8)5-3-13/h6-7,15H,1-5,13H2. The average Bonchev–Trinajstić information content (AvgIpc) is 2.73. The van der Waals surface area contributed by atoms with Crippen molar-refractivity contribution in [3.05, 3.63) is 12.4 Å². The van der Waals surface area contributed by atoms with E-state index in [1.807, 2.05) is 0 Å². The predicted molar refractivity (Wildman–Crippen MR) is 61.8 cm³/mol. The largest absolute Gasteiger partial charge is 0.389 e. The summed E-state index contributed by atoms with van der Waals surface area (Å²) < 4.78 is 62.5. The Balaban J connectivity index is 2.51. The van der Waals surface area contributed by atoms with Gasteiger partial charge in [0.2, 0.25) is 10.0 Å². The van der Waals surface area contributed by atoms with Crippen LogP contribution in [0.25, 0.3) is 0 Å². The van der Waals surface area contributed by atoms with Crippen LogP contribution in [0.3, 0.4) is 0 Å². The molecule has 110 valence electrons. The lowest BCUT2D eigenvalue weighted by molar-refractivity contribution is -0.135. The molecular weight excluding hydrogens is 285 g/mol. The van der Waals surface area contributed by atoms with Crippen LogP contribution in [0.4, 0.5) is 13.2 Å². The van der Waals surface area contributed by atoms with Crippen LogP contribution in [0.2, 0.25) is 0 Å². The molecule has 0 amide bonds. The van der Waals surface area contributed by atoms with Gasteiger partial charge < -0.3 is 5.73 Å². The summed E-state index contributed by atoms with van der Waals surface area (Å²) >= 11 is 0. The van der Waals surface area contributed by atoms with Crippen molar-refractivity contribution >= 4 is 10.0 Å². The van der Waals surface area contributed by atoms with Crippen LogP contribution in [0, 0.1) is 0 Å². The Morgan fingerprint density at radius 2 is 2.11 bits per heavy atom. The molecule has 1 heterocycles. The summed E-state index contributed by atoms with van der Waals surface area (Å²) in [5, 5.41) is 3.78. The summed E-state index contributed by atoms with van der Waals surface area (Å²) in [5.74, 6) is 0. The zero-order valence-electron chi connectivity index (χ0n) is 10.0. The van der Waals surface area contributed by atoms with Gasteiger partial charge in [-0.1, -0.05) is 0 Å². The fourth-order valence-corrected chi connectivity index (χ4v) is 2.34. The van der Waals surface area contributed by atoms with Crippen molar-refractivity contribution in [1.29, 1.82) is 0 Å². The Kier molecular flexibility index (Phi) is 5.32. The molecule has 0 unspecified atom stereocenters. The van der Waals surface area contributed by atoms with Gasteiger partial charge in [0.1, 0.15) is 4.90 Å². The van der Waals surface area contributed by atoms with Gasteiger partial charge in [0, 0.05) is 25.7 Å². The lowest BCUT2D eigenvalue weighted by Gasteiger charge is -2.07. The predicted octanol–water partition coefficient (Wildman–Crippen LogP) is 0.463. The first kappa shape index (κ1) is 15.9. The number of nitrogens with one attached hydrogen (secondary N) is 1. The fraction of sp³-hybridized carbons (Fsp3) is 0.667. The Morgan fingerprint density at radius 1 is 1.42 bits per heavy atom. The Hall–Kier alpha value is -1.13. The highest BCUT2D eigenvalue weighted by Gasteiger charge is 2.26. The molecule has 0 spiro atoms. The molecule has 19 heavy (non-hydrogen) atoms. The highest BCUT2D eigenvalue weighted by atomic mass is 32.2. The molecule has 0 aromatic carbocycles. The van der Waals surface area contributed by atoms with Gasteiger partial charge in [0.25, 0.3) is 0 Å². The molecule has 3 N–H and O–H groups in total. The second-order valence-electron chi connectivity index (χ2n) is 3.84. The maximum absolute atomic E-state index is 11.9. The minimum Gasteiger partial charge on any atom is -0.329 e. The lowest BCUT2D eigenvalue weighted by Crippen LogP contribution is -2.25. The zero-order chi connectivity index (χ0) is 14.5. The third kappa shape index (κ3) is 5.57. The minimum atomic E-state index is -4.28. The van der Waals surface area contributed by atoms with E-state index in [2.05, 4.69) is 9.82 Å². The van der Waals surface area contributed by atoms with Gasteiger partial charge in [-0.05, 0) is 6.42 Å². The molecule has 0 aliphatic carbocycles. The molecule has 10 heteroatoms. The minimum absolute atomic E-state index is 0.0899. The molecule has 1 rings (SSSR count). The van der Waals surface area contributed by atoms with Crippen LogP contribution in [0.5, 0.6) is 0 Å². The summed E-state index contributed by atoms with van der Waals surface area (Å²) in [4.78, 5) is -0.0899. The maximum atomic E-state index is 11.9. The third-order valence-electron chi connectivity index (χ3n) is 2.21. The van der Waals surface area contributed by atoms with Crippen molar-refractivity contribution in [2.24, 2.45) is 5.73 Å². The molecule has 0 saturated carbocycles. The van der Waals surface area contributed by atoms with E-state index in [1.54, 1.807) is 0 Å². The molecule has 0 aliphatic heterocycles. The molecule has 0 bridgehead atoms. The van der Waals surface area contributed by atoms with Crippen molar-refractivity contribution in [3.8, 4) is 0 Å². The van der Waals surface area contributed by atoms with Crippen molar-refractivity contribution in [2.45, 2.75) is 30.5 Å². The first-order valence-corrected chi connectivity index (χ1v) is 7.02. The third-order valence-corrected chi connectivity index (χ3v) is 3.62. The van der Waals surface area contributed by atoms with Crippen molar-refractivity contribution in [2.75, 3.05) is 13.1 Å². The van der Waals surface area contributed by atoms with E-state index in [4.69, 9.17) is 5.73 Å². The first-order valence-electron chi connectivity index (χ1n) is 5.53. The van der Waals surface area contributed by atoms with Crippen molar-refractivity contribution < 1.29 is 21.6 Å². The average molecular weight is 300 g/mol. The molecule has 0 aliphatic rings. The normalized spacial score (nSPS) is 12.8. The van der Waals surface area contributed by atoms with Crippen LogP contribution < -0.4 is 10.5 Å². The molecule has 0 atom stereocenters. The number of halogens is 3. The summed E-state index contributed by atoms with van der Waals surface area (Å²) in [6.07, 6.45) is -3.21. The quantitative estimate of drug-likeness (QED) is 0.716. The van der Waals surface area contributed by atoms with E-state index < -0.39 is 22.6 Å². The van der Waals surface area contributed by atoms with Crippen LogP contribution in [0.15, 0.2) is 17.3 Å². The molecule has 0 saturated heterocycles. The number of aromatic nitrogens is 2. The smallest absolute Gasteiger partial charge is 0.329 e. The van der Waals surface area contributed by atoms with Crippen molar-refractivity contribution in [3.63, 3.8) is 0 Å². The van der Waals surface area contributed by atoms with Gasteiger partial charge >= 0.3 is 6.18 Å². The van der Waals surface area contributed by atoms with E-state index in [9.17, 15) is 21.6 Å². The monoisotopic (exact) mass is 300 g/mol. The van der Waals surface area contributed by atoms with E-state index in [1.165, 1.54) is 10.9 Å². The Morgan fingerprint density at radius 3 is 2.68 bits per heavy atom. The van der Waals surface area contributed by atoms with Crippen LogP contribution in [-0.4, -0.2) is 37.5 Å². The number of sulfonamides is 1. The second kappa shape index (κ2) is 6.35. The summed E-state index contributed by atoms with van der Waals surface area (Å²) in [6.45, 7) is 0.397. The van der Waals surface area contributed by atoms with Gasteiger partial charge in [-0.15, -0.1) is 0 Å². The van der Waals surface area contributed by atoms with Gasteiger partial charge in [0.15, 0.2) is 0 Å².